The number of hydrogen-bond donors (Lipinski definition) is 0. The molecule has 1 amide bonds. The van der Waals surface area contributed by atoms with Crippen LogP contribution in [0.15, 0.2) is 59.8 Å². The summed E-state index contributed by atoms with van der Waals surface area (Å²) in [5.41, 5.74) is 3.09. The van der Waals surface area contributed by atoms with E-state index in [4.69, 9.17) is 4.74 Å². The fraction of sp³-hybridized carbons (Fsp3) is 0.429. The molecule has 1 saturated heterocycles. The van der Waals surface area contributed by atoms with Crippen LogP contribution in [0.5, 0.6) is 5.75 Å². The zero-order chi connectivity index (χ0) is 26.2. The molecule has 4 heterocycles. The van der Waals surface area contributed by atoms with E-state index in [1.165, 1.54) is 4.31 Å². The number of likely N-dealkylation sites (tertiary alicyclic amines) is 1. The van der Waals surface area contributed by atoms with E-state index in [0.717, 1.165) is 24.2 Å². The first-order chi connectivity index (χ1) is 17.8. The van der Waals surface area contributed by atoms with Crippen molar-refractivity contribution in [3.8, 4) is 5.75 Å². The van der Waals surface area contributed by atoms with Gasteiger partial charge in [-0.1, -0.05) is 6.07 Å². The number of rotatable bonds is 7. The Morgan fingerprint density at radius 2 is 1.86 bits per heavy atom. The average molecular weight is 523 g/mol. The molecule has 0 bridgehead atoms. The van der Waals surface area contributed by atoms with Crippen LogP contribution in [-0.2, 0) is 27.8 Å². The lowest BCUT2D eigenvalue weighted by Crippen LogP contribution is -2.45. The maximum absolute atomic E-state index is 14.1. The Bertz CT molecular complexity index is 1360. The van der Waals surface area contributed by atoms with Crippen molar-refractivity contribution in [3.05, 3.63) is 77.4 Å². The number of carbonyl (C=O) groups is 1. The number of fused-ring (bicyclic) bond motifs is 1. The number of hydrogen-bond acceptors (Lipinski definition) is 5. The highest BCUT2D eigenvalue weighted by molar-refractivity contribution is 7.89. The van der Waals surface area contributed by atoms with Crippen LogP contribution in [0, 0.1) is 13.8 Å². The van der Waals surface area contributed by atoms with Crippen molar-refractivity contribution in [2.45, 2.75) is 63.1 Å². The van der Waals surface area contributed by atoms with E-state index in [1.54, 1.807) is 39.3 Å². The van der Waals surface area contributed by atoms with Gasteiger partial charge in [0.05, 0.1) is 18.0 Å². The molecule has 196 valence electrons. The fourth-order valence-corrected chi connectivity index (χ4v) is 7.91. The van der Waals surface area contributed by atoms with E-state index in [2.05, 4.69) is 9.55 Å². The Morgan fingerprint density at radius 3 is 2.57 bits per heavy atom. The van der Waals surface area contributed by atoms with Crippen LogP contribution in [0.2, 0.25) is 0 Å². The number of amides is 1. The maximum Gasteiger partial charge on any atom is 0.244 e. The number of benzene rings is 1. The molecule has 2 aliphatic rings. The number of aryl methyl sites for hydroxylation is 2. The van der Waals surface area contributed by atoms with Crippen molar-refractivity contribution >= 4 is 15.9 Å². The molecule has 37 heavy (non-hydrogen) atoms. The third kappa shape index (κ3) is 4.90. The minimum atomic E-state index is -3.87. The molecule has 3 aromatic rings. The predicted octanol–water partition coefficient (Wildman–Crippen LogP) is 3.88. The molecule has 0 aliphatic carbocycles. The van der Waals surface area contributed by atoms with Gasteiger partial charge in [-0.05, 0) is 74.2 Å². The molecular weight excluding hydrogens is 488 g/mol. The van der Waals surface area contributed by atoms with Gasteiger partial charge in [-0.3, -0.25) is 9.78 Å². The Kier molecular flexibility index (Phi) is 7.09. The summed E-state index contributed by atoms with van der Waals surface area (Å²) in [7, 11) is -2.29. The van der Waals surface area contributed by atoms with Crippen molar-refractivity contribution in [1.82, 2.24) is 18.8 Å². The highest BCUT2D eigenvalue weighted by atomic mass is 32.2. The summed E-state index contributed by atoms with van der Waals surface area (Å²) in [6.07, 6.45) is 6.42. The van der Waals surface area contributed by atoms with E-state index in [9.17, 15) is 13.2 Å². The van der Waals surface area contributed by atoms with Crippen molar-refractivity contribution in [3.63, 3.8) is 0 Å². The Labute approximate surface area is 218 Å². The van der Waals surface area contributed by atoms with E-state index in [1.807, 2.05) is 41.4 Å². The summed E-state index contributed by atoms with van der Waals surface area (Å²) < 4.78 is 37.2. The zero-order valence-electron chi connectivity index (χ0n) is 21.6. The van der Waals surface area contributed by atoms with Gasteiger partial charge in [-0.25, -0.2) is 8.42 Å². The van der Waals surface area contributed by atoms with Crippen molar-refractivity contribution < 1.29 is 17.9 Å². The molecule has 0 spiro atoms. The highest BCUT2D eigenvalue weighted by Crippen LogP contribution is 2.37. The summed E-state index contributed by atoms with van der Waals surface area (Å²) in [5.74, 6) is 0.614. The summed E-state index contributed by atoms with van der Waals surface area (Å²) >= 11 is 0. The molecule has 1 fully saturated rings. The van der Waals surface area contributed by atoms with Crippen LogP contribution in [0.1, 0.15) is 47.8 Å². The fourth-order valence-electron chi connectivity index (χ4n) is 5.91. The van der Waals surface area contributed by atoms with Gasteiger partial charge in [0.25, 0.3) is 0 Å². The lowest BCUT2D eigenvalue weighted by Gasteiger charge is -2.37. The van der Waals surface area contributed by atoms with Crippen LogP contribution < -0.4 is 4.74 Å². The van der Waals surface area contributed by atoms with Crippen LogP contribution in [0.25, 0.3) is 0 Å². The van der Waals surface area contributed by atoms with Crippen molar-refractivity contribution in [1.29, 1.82) is 0 Å². The van der Waals surface area contributed by atoms with E-state index >= 15 is 0 Å². The SMILES string of the molecule is COc1cc(C)c(S(=O)(=O)N2CCn3cccc3C2CC(=O)N2CCCC2Cc2ccccn2)c(C)c1. The van der Waals surface area contributed by atoms with Crippen molar-refractivity contribution in [2.75, 3.05) is 20.2 Å². The lowest BCUT2D eigenvalue weighted by atomic mass is 10.1. The first-order valence-electron chi connectivity index (χ1n) is 12.8. The van der Waals surface area contributed by atoms with Gasteiger partial charge in [0.1, 0.15) is 5.75 Å². The third-order valence-electron chi connectivity index (χ3n) is 7.59. The Hall–Kier alpha value is -3.17. The monoisotopic (exact) mass is 522 g/mol. The van der Waals surface area contributed by atoms with Crippen molar-refractivity contribution in [2.24, 2.45) is 0 Å². The Morgan fingerprint density at radius 1 is 1.08 bits per heavy atom. The van der Waals surface area contributed by atoms with Gasteiger partial charge in [0.15, 0.2) is 0 Å². The quantitative estimate of drug-likeness (QED) is 0.470. The zero-order valence-corrected chi connectivity index (χ0v) is 22.4. The van der Waals surface area contributed by atoms with Crippen LogP contribution >= 0.6 is 0 Å². The van der Waals surface area contributed by atoms with E-state index in [-0.39, 0.29) is 18.4 Å². The first kappa shape index (κ1) is 25.5. The van der Waals surface area contributed by atoms with Gasteiger partial charge in [0.2, 0.25) is 15.9 Å². The van der Waals surface area contributed by atoms with Gasteiger partial charge >= 0.3 is 0 Å². The molecule has 5 rings (SSSR count). The second-order valence-corrected chi connectivity index (χ2v) is 11.8. The molecule has 2 atom stereocenters. The topological polar surface area (TPSA) is 84.7 Å². The summed E-state index contributed by atoms with van der Waals surface area (Å²) in [4.78, 5) is 20.4. The average Bonchev–Trinajstić information content (AvgIpc) is 3.54. The molecule has 9 heteroatoms. The van der Waals surface area contributed by atoms with Crippen LogP contribution in [-0.4, -0.2) is 59.3 Å². The minimum absolute atomic E-state index is 0.0125. The number of aromatic nitrogens is 2. The molecule has 0 N–H and O–H groups in total. The highest BCUT2D eigenvalue weighted by Gasteiger charge is 2.41. The number of carbonyl (C=O) groups excluding carboxylic acids is 1. The van der Waals surface area contributed by atoms with Crippen LogP contribution in [0.4, 0.5) is 0 Å². The standard InChI is InChI=1S/C28H34N4O4S/c1-20-16-24(36-3)17-21(2)28(20)37(34,35)32-15-14-30-12-7-10-25(30)26(32)19-27(33)31-13-6-9-23(31)18-22-8-4-5-11-29-22/h4-5,7-8,10-12,16-17,23,26H,6,9,13-15,18-19H2,1-3H3. The minimum Gasteiger partial charge on any atom is -0.497 e. The lowest BCUT2D eigenvalue weighted by molar-refractivity contribution is -0.133. The summed E-state index contributed by atoms with van der Waals surface area (Å²) in [5, 5.41) is 0. The van der Waals surface area contributed by atoms with Gasteiger partial charge in [0, 0.05) is 62.3 Å². The van der Waals surface area contributed by atoms with Crippen LogP contribution in [0.3, 0.4) is 0 Å². The Balaban J connectivity index is 1.44. The second-order valence-electron chi connectivity index (χ2n) is 9.96. The molecule has 2 aromatic heterocycles. The molecule has 8 nitrogen and oxygen atoms in total. The molecule has 2 aliphatic heterocycles. The predicted molar refractivity (Wildman–Crippen MR) is 141 cm³/mol. The summed E-state index contributed by atoms with van der Waals surface area (Å²) in [6, 6.07) is 12.7. The summed E-state index contributed by atoms with van der Waals surface area (Å²) in [6.45, 7) is 5.13. The maximum atomic E-state index is 14.1. The van der Waals surface area contributed by atoms with Gasteiger partial charge < -0.3 is 14.2 Å². The normalized spacial score (nSPS) is 20.1. The number of methoxy groups -OCH3 is 1. The molecule has 2 unspecified atom stereocenters. The van der Waals surface area contributed by atoms with E-state index in [0.29, 0.717) is 47.8 Å². The second kappa shape index (κ2) is 10.3. The molecule has 1 aromatic carbocycles. The van der Waals surface area contributed by atoms with E-state index < -0.39 is 16.1 Å². The number of pyridine rings is 1. The number of nitrogens with zero attached hydrogens (tertiary/aromatic N) is 4. The first-order valence-corrected chi connectivity index (χ1v) is 14.2. The number of sulfonamides is 1. The third-order valence-corrected chi connectivity index (χ3v) is 9.80. The molecule has 0 radical (unpaired) electrons. The van der Waals surface area contributed by atoms with Gasteiger partial charge in [-0.15, -0.1) is 0 Å². The smallest absolute Gasteiger partial charge is 0.244 e. The largest absolute Gasteiger partial charge is 0.497 e. The molecule has 0 saturated carbocycles. The van der Waals surface area contributed by atoms with Gasteiger partial charge in [-0.2, -0.15) is 4.31 Å². The number of ether oxygens (including phenoxy) is 1. The molecular formula is C28H34N4O4S.